The van der Waals surface area contributed by atoms with E-state index in [2.05, 4.69) is 33.7 Å². The van der Waals surface area contributed by atoms with Crippen molar-refractivity contribution in [2.75, 3.05) is 27.3 Å². The third-order valence-electron chi connectivity index (χ3n) is 4.05. The molecule has 0 unspecified atom stereocenters. The summed E-state index contributed by atoms with van der Waals surface area (Å²) >= 11 is 0. The van der Waals surface area contributed by atoms with Gasteiger partial charge in [0.2, 0.25) is 0 Å². The molecule has 26 heavy (non-hydrogen) atoms. The zero-order valence-electron chi connectivity index (χ0n) is 16.1. The first kappa shape index (κ1) is 19.6. The van der Waals surface area contributed by atoms with Gasteiger partial charge in [0.25, 0.3) is 0 Å². The van der Waals surface area contributed by atoms with Crippen LogP contribution in [0.3, 0.4) is 0 Å². The van der Waals surface area contributed by atoms with Gasteiger partial charge in [0.1, 0.15) is 0 Å². The highest BCUT2D eigenvalue weighted by atomic mass is 16.5. The van der Waals surface area contributed by atoms with Crippen molar-refractivity contribution < 1.29 is 9.47 Å². The molecule has 0 spiro atoms. The minimum atomic E-state index is 0.599. The molecule has 2 rings (SSSR count). The monoisotopic (exact) mass is 359 g/mol. The number of methoxy groups -OCH3 is 2. The Balaban J connectivity index is 1.83. The van der Waals surface area contributed by atoms with E-state index in [1.165, 1.54) is 5.56 Å². The first-order chi connectivity index (χ1) is 12.7. The highest BCUT2D eigenvalue weighted by molar-refractivity contribution is 5.79. The van der Waals surface area contributed by atoms with E-state index in [1.807, 2.05) is 29.9 Å². The van der Waals surface area contributed by atoms with Gasteiger partial charge in [-0.15, -0.1) is 0 Å². The molecule has 0 atom stereocenters. The van der Waals surface area contributed by atoms with Crippen LogP contribution >= 0.6 is 0 Å². The van der Waals surface area contributed by atoms with Gasteiger partial charge in [-0.25, -0.2) is 4.99 Å². The quantitative estimate of drug-likeness (QED) is 0.408. The predicted octanol–water partition coefficient (Wildman–Crippen LogP) is 2.13. The summed E-state index contributed by atoms with van der Waals surface area (Å²) in [5.41, 5.74) is 2.30. The fourth-order valence-electron chi connectivity index (χ4n) is 2.59. The number of guanidine groups is 1. The molecule has 1 heterocycles. The average Bonchev–Trinajstić information content (AvgIpc) is 3.07. The molecular formula is C19H29N5O2. The molecule has 7 heteroatoms. The van der Waals surface area contributed by atoms with Gasteiger partial charge in [-0.2, -0.15) is 5.10 Å². The second-order valence-corrected chi connectivity index (χ2v) is 5.86. The van der Waals surface area contributed by atoms with Gasteiger partial charge >= 0.3 is 0 Å². The van der Waals surface area contributed by atoms with E-state index in [0.29, 0.717) is 6.54 Å². The van der Waals surface area contributed by atoms with E-state index >= 15 is 0 Å². The lowest BCUT2D eigenvalue weighted by molar-refractivity contribution is 0.354. The molecule has 0 aliphatic rings. The highest BCUT2D eigenvalue weighted by Gasteiger charge is 2.05. The van der Waals surface area contributed by atoms with Crippen molar-refractivity contribution in [1.29, 1.82) is 0 Å². The van der Waals surface area contributed by atoms with Gasteiger partial charge in [0, 0.05) is 26.3 Å². The highest BCUT2D eigenvalue weighted by Crippen LogP contribution is 2.27. The molecule has 2 aromatic rings. The topological polar surface area (TPSA) is 72.7 Å². The van der Waals surface area contributed by atoms with Crippen LogP contribution in [-0.4, -0.2) is 43.0 Å². The summed E-state index contributed by atoms with van der Waals surface area (Å²) in [6.07, 6.45) is 3.73. The van der Waals surface area contributed by atoms with E-state index in [1.54, 1.807) is 20.4 Å². The molecule has 1 aromatic heterocycles. The lowest BCUT2D eigenvalue weighted by atomic mass is 10.1. The minimum absolute atomic E-state index is 0.599. The summed E-state index contributed by atoms with van der Waals surface area (Å²) < 4.78 is 12.5. The summed E-state index contributed by atoms with van der Waals surface area (Å²) in [7, 11) is 5.23. The maximum absolute atomic E-state index is 5.35. The lowest BCUT2D eigenvalue weighted by Gasteiger charge is -2.12. The molecule has 142 valence electrons. The van der Waals surface area contributed by atoms with Gasteiger partial charge in [-0.1, -0.05) is 6.07 Å². The maximum atomic E-state index is 5.35. The smallest absolute Gasteiger partial charge is 0.191 e. The van der Waals surface area contributed by atoms with Crippen LogP contribution < -0.4 is 20.1 Å². The van der Waals surface area contributed by atoms with Gasteiger partial charge in [0.05, 0.1) is 26.5 Å². The maximum Gasteiger partial charge on any atom is 0.191 e. The second kappa shape index (κ2) is 10.3. The van der Waals surface area contributed by atoms with Crippen LogP contribution in [0.25, 0.3) is 0 Å². The van der Waals surface area contributed by atoms with Crippen molar-refractivity contribution in [3.05, 3.63) is 41.7 Å². The van der Waals surface area contributed by atoms with E-state index < -0.39 is 0 Å². The Labute approximate surface area is 155 Å². The Morgan fingerprint density at radius 3 is 2.62 bits per heavy atom. The Hall–Kier alpha value is -2.70. The molecule has 2 N–H and O–H groups in total. The lowest BCUT2D eigenvalue weighted by Crippen LogP contribution is -2.37. The number of aromatic nitrogens is 2. The van der Waals surface area contributed by atoms with Gasteiger partial charge in [0.15, 0.2) is 17.5 Å². The Kier molecular flexibility index (Phi) is 7.79. The third-order valence-corrected chi connectivity index (χ3v) is 4.05. The number of hydrogen-bond donors (Lipinski definition) is 2. The van der Waals surface area contributed by atoms with Crippen molar-refractivity contribution in [3.8, 4) is 11.5 Å². The van der Waals surface area contributed by atoms with Crippen LogP contribution in [0.1, 0.15) is 24.6 Å². The van der Waals surface area contributed by atoms with Gasteiger partial charge < -0.3 is 20.1 Å². The molecule has 1 aromatic carbocycles. The molecule has 0 radical (unpaired) electrons. The number of rotatable bonds is 9. The van der Waals surface area contributed by atoms with Crippen LogP contribution in [-0.2, 0) is 20.0 Å². The Morgan fingerprint density at radius 1 is 1.15 bits per heavy atom. The zero-order chi connectivity index (χ0) is 18.8. The zero-order valence-corrected chi connectivity index (χ0v) is 16.1. The van der Waals surface area contributed by atoms with Crippen LogP contribution in [0.5, 0.6) is 11.5 Å². The SMILES string of the molecule is CCNC(=NCc1ccnn1C)NCCCc1ccc(OC)c(OC)c1. The summed E-state index contributed by atoms with van der Waals surface area (Å²) in [6, 6.07) is 8.02. The number of aliphatic imine (C=N–C) groups is 1. The van der Waals surface area contributed by atoms with E-state index in [-0.39, 0.29) is 0 Å². The normalized spacial score (nSPS) is 11.3. The molecular weight excluding hydrogens is 330 g/mol. The first-order valence-corrected chi connectivity index (χ1v) is 8.87. The first-order valence-electron chi connectivity index (χ1n) is 8.87. The largest absolute Gasteiger partial charge is 0.493 e. The van der Waals surface area contributed by atoms with Crippen molar-refractivity contribution in [1.82, 2.24) is 20.4 Å². The van der Waals surface area contributed by atoms with Crippen molar-refractivity contribution in [2.24, 2.45) is 12.0 Å². The molecule has 7 nitrogen and oxygen atoms in total. The standard InChI is InChI=1S/C19H29N5O2/c1-5-20-19(22-14-16-10-12-23-24(16)2)21-11-6-7-15-8-9-17(25-3)18(13-15)26-4/h8-10,12-13H,5-7,11,14H2,1-4H3,(H2,20,21,22). The van der Waals surface area contributed by atoms with Crippen molar-refractivity contribution >= 4 is 5.96 Å². The van der Waals surface area contributed by atoms with Gasteiger partial charge in [-0.05, 0) is 43.5 Å². The Morgan fingerprint density at radius 2 is 1.96 bits per heavy atom. The molecule has 0 bridgehead atoms. The van der Waals surface area contributed by atoms with E-state index in [9.17, 15) is 0 Å². The fourth-order valence-corrected chi connectivity index (χ4v) is 2.59. The number of hydrogen-bond acceptors (Lipinski definition) is 4. The minimum Gasteiger partial charge on any atom is -0.493 e. The van der Waals surface area contributed by atoms with Crippen LogP contribution in [0.4, 0.5) is 0 Å². The van der Waals surface area contributed by atoms with Crippen molar-refractivity contribution in [3.63, 3.8) is 0 Å². The number of ether oxygens (including phenoxy) is 2. The van der Waals surface area contributed by atoms with Crippen LogP contribution in [0.2, 0.25) is 0 Å². The molecule has 0 aliphatic heterocycles. The summed E-state index contributed by atoms with van der Waals surface area (Å²) in [5.74, 6) is 2.34. The predicted molar refractivity (Wildman–Crippen MR) is 104 cm³/mol. The molecule has 0 amide bonds. The number of aryl methyl sites for hydroxylation is 2. The average molecular weight is 359 g/mol. The molecule has 0 fully saturated rings. The van der Waals surface area contributed by atoms with E-state index in [4.69, 9.17) is 9.47 Å². The summed E-state index contributed by atoms with van der Waals surface area (Å²) in [4.78, 5) is 4.61. The van der Waals surface area contributed by atoms with Crippen molar-refractivity contribution in [2.45, 2.75) is 26.3 Å². The molecule has 0 aliphatic carbocycles. The van der Waals surface area contributed by atoms with Gasteiger partial charge in [-0.3, -0.25) is 4.68 Å². The summed E-state index contributed by atoms with van der Waals surface area (Å²) in [6.45, 7) is 4.32. The molecule has 0 saturated carbocycles. The number of nitrogens with zero attached hydrogens (tertiary/aromatic N) is 3. The summed E-state index contributed by atoms with van der Waals surface area (Å²) in [5, 5.41) is 10.8. The fraction of sp³-hybridized carbons (Fsp3) is 0.474. The van der Waals surface area contributed by atoms with Crippen LogP contribution in [0.15, 0.2) is 35.5 Å². The van der Waals surface area contributed by atoms with Crippen LogP contribution in [0, 0.1) is 0 Å². The second-order valence-electron chi connectivity index (χ2n) is 5.86. The Bertz CT molecular complexity index is 712. The third kappa shape index (κ3) is 5.68. The number of benzene rings is 1. The number of nitrogens with one attached hydrogen (secondary N) is 2. The molecule has 0 saturated heterocycles. The van der Waals surface area contributed by atoms with E-state index in [0.717, 1.165) is 49.1 Å².